The van der Waals surface area contributed by atoms with E-state index in [9.17, 15) is 19.2 Å². The highest BCUT2D eigenvalue weighted by molar-refractivity contribution is 6.07. The fraction of sp³-hybridized carbons (Fsp3) is 0.209. The van der Waals surface area contributed by atoms with Gasteiger partial charge in [-0.25, -0.2) is 4.79 Å². The summed E-state index contributed by atoms with van der Waals surface area (Å²) in [6.07, 6.45) is 1.18. The van der Waals surface area contributed by atoms with Crippen LogP contribution in [0.3, 0.4) is 0 Å². The van der Waals surface area contributed by atoms with E-state index in [4.69, 9.17) is 15.2 Å². The summed E-state index contributed by atoms with van der Waals surface area (Å²) < 4.78 is 11.6. The summed E-state index contributed by atoms with van der Waals surface area (Å²) >= 11 is 0. The molecule has 2 amide bonds. The van der Waals surface area contributed by atoms with Gasteiger partial charge in [0.25, 0.3) is 5.91 Å². The second-order valence-corrected chi connectivity index (χ2v) is 12.8. The summed E-state index contributed by atoms with van der Waals surface area (Å²) in [5.41, 5.74) is 9.37. The Morgan fingerprint density at radius 2 is 1.40 bits per heavy atom. The quantitative estimate of drug-likeness (QED) is 0.102. The average molecular weight is 696 g/mol. The van der Waals surface area contributed by atoms with E-state index in [2.05, 4.69) is 4.98 Å². The number of fused-ring (bicyclic) bond motifs is 2. The minimum atomic E-state index is -1.10. The average Bonchev–Trinajstić information content (AvgIpc) is 3.59. The van der Waals surface area contributed by atoms with Gasteiger partial charge in [-0.05, 0) is 46.4 Å². The molecule has 1 heterocycles. The molecule has 5 aromatic carbocycles. The fourth-order valence-corrected chi connectivity index (χ4v) is 6.41. The van der Waals surface area contributed by atoms with Crippen molar-refractivity contribution in [2.75, 3.05) is 0 Å². The Balaban J connectivity index is 1.28. The first-order valence-corrected chi connectivity index (χ1v) is 17.4. The zero-order valence-electron chi connectivity index (χ0n) is 28.8. The predicted octanol–water partition coefficient (Wildman–Crippen LogP) is 7.28. The largest absolute Gasteiger partial charge is 0.461 e. The first-order chi connectivity index (χ1) is 25.3. The highest BCUT2D eigenvalue weighted by Crippen LogP contribution is 2.25. The van der Waals surface area contributed by atoms with Crippen LogP contribution in [0.4, 0.5) is 0 Å². The number of hydrogen-bond acceptors (Lipinski definition) is 6. The molecule has 0 aliphatic heterocycles. The lowest BCUT2D eigenvalue weighted by Crippen LogP contribution is -2.46. The Bertz CT molecular complexity index is 2150. The molecule has 0 aliphatic rings. The lowest BCUT2D eigenvalue weighted by molar-refractivity contribution is -0.156. The smallest absolute Gasteiger partial charge is 0.329 e. The van der Waals surface area contributed by atoms with Crippen LogP contribution in [0.2, 0.25) is 0 Å². The van der Waals surface area contributed by atoms with Crippen LogP contribution in [0.5, 0.6) is 0 Å². The minimum absolute atomic E-state index is 0.0267. The lowest BCUT2D eigenvalue weighted by Gasteiger charge is -2.32. The van der Waals surface area contributed by atoms with Crippen molar-refractivity contribution in [3.05, 3.63) is 156 Å². The maximum absolute atomic E-state index is 14.5. The van der Waals surface area contributed by atoms with Crippen LogP contribution < -0.4 is 5.73 Å². The number of amides is 2. The summed E-state index contributed by atoms with van der Waals surface area (Å²) in [6, 6.07) is 38.9. The summed E-state index contributed by atoms with van der Waals surface area (Å²) in [6.45, 7) is 0.233. The number of nitrogens with one attached hydrogen (secondary N) is 1. The predicted molar refractivity (Wildman–Crippen MR) is 200 cm³/mol. The summed E-state index contributed by atoms with van der Waals surface area (Å²) in [4.78, 5) is 58.7. The van der Waals surface area contributed by atoms with Crippen molar-refractivity contribution in [1.29, 1.82) is 0 Å². The third kappa shape index (κ3) is 9.31. The van der Waals surface area contributed by atoms with E-state index in [0.717, 1.165) is 33.0 Å². The van der Waals surface area contributed by atoms with E-state index in [1.807, 2.05) is 127 Å². The Labute approximate surface area is 302 Å². The Morgan fingerprint density at radius 1 is 0.731 bits per heavy atom. The van der Waals surface area contributed by atoms with Crippen LogP contribution in [0.15, 0.2) is 134 Å². The molecule has 6 aromatic rings. The number of H-pyrrole nitrogens is 1. The molecule has 1 aromatic heterocycles. The van der Waals surface area contributed by atoms with Crippen molar-refractivity contribution in [3.63, 3.8) is 0 Å². The summed E-state index contributed by atoms with van der Waals surface area (Å²) in [7, 11) is 0. The van der Waals surface area contributed by atoms with Crippen molar-refractivity contribution in [2.24, 2.45) is 5.73 Å². The molecule has 9 heteroatoms. The summed E-state index contributed by atoms with van der Waals surface area (Å²) in [5.74, 6) is -2.10. The molecule has 0 fully saturated rings. The molecule has 0 radical (unpaired) electrons. The SMILES string of the molecule is NC(=O)C[C@H](Cc1ccc2ccccc2c1)OC(=O)[C@H](CCCC(=O)OCc1ccccc1)N(Cc1ccccc1)C(=O)c1c[nH]c2ccccc12. The van der Waals surface area contributed by atoms with Gasteiger partial charge in [0.15, 0.2) is 0 Å². The zero-order chi connectivity index (χ0) is 36.3. The Morgan fingerprint density at radius 3 is 2.15 bits per heavy atom. The van der Waals surface area contributed by atoms with Crippen molar-refractivity contribution >= 4 is 45.4 Å². The minimum Gasteiger partial charge on any atom is -0.461 e. The lowest BCUT2D eigenvalue weighted by atomic mass is 10.0. The number of benzene rings is 5. The van der Waals surface area contributed by atoms with E-state index >= 15 is 0 Å². The molecule has 0 aliphatic carbocycles. The van der Waals surface area contributed by atoms with Gasteiger partial charge in [0.05, 0.1) is 12.0 Å². The highest BCUT2D eigenvalue weighted by atomic mass is 16.5. The number of hydrogen-bond donors (Lipinski definition) is 2. The molecule has 0 unspecified atom stereocenters. The molecular weight excluding hydrogens is 654 g/mol. The second-order valence-electron chi connectivity index (χ2n) is 12.8. The maximum Gasteiger partial charge on any atom is 0.329 e. The maximum atomic E-state index is 14.5. The van der Waals surface area contributed by atoms with Crippen LogP contribution in [0, 0.1) is 0 Å². The standard InChI is InChI=1S/C43H41N3O6/c44-40(47)26-35(25-32-22-23-33-16-7-8-17-34(33)24-32)52-43(50)39(20-11-21-41(48)51-29-31-14-5-2-6-15-31)46(28-30-12-3-1-4-13-30)42(49)37-27-45-38-19-10-9-18-36(37)38/h1-10,12-19,22-24,27,35,39,45H,11,20-21,25-26,28-29H2,(H2,44,47)/t35-,39-/m0/s1. The van der Waals surface area contributed by atoms with Gasteiger partial charge in [0, 0.05) is 36.5 Å². The molecule has 0 saturated heterocycles. The monoisotopic (exact) mass is 695 g/mol. The molecule has 0 saturated carbocycles. The number of rotatable bonds is 16. The molecule has 0 spiro atoms. The van der Waals surface area contributed by atoms with Gasteiger partial charge < -0.3 is 25.1 Å². The van der Waals surface area contributed by atoms with Gasteiger partial charge >= 0.3 is 11.9 Å². The van der Waals surface area contributed by atoms with Crippen LogP contribution >= 0.6 is 0 Å². The number of carbonyl (C=O) groups is 4. The summed E-state index contributed by atoms with van der Waals surface area (Å²) in [5, 5.41) is 2.79. The zero-order valence-corrected chi connectivity index (χ0v) is 28.8. The number of esters is 2. The van der Waals surface area contributed by atoms with Crippen LogP contribution in [0.25, 0.3) is 21.7 Å². The number of primary amides is 1. The third-order valence-corrected chi connectivity index (χ3v) is 9.01. The van der Waals surface area contributed by atoms with Crippen molar-refractivity contribution in [2.45, 2.75) is 57.4 Å². The molecule has 2 atom stereocenters. The fourth-order valence-electron chi connectivity index (χ4n) is 6.41. The van der Waals surface area contributed by atoms with Gasteiger partial charge in [-0.1, -0.05) is 121 Å². The van der Waals surface area contributed by atoms with Gasteiger partial charge in [-0.15, -0.1) is 0 Å². The van der Waals surface area contributed by atoms with E-state index in [-0.39, 0.29) is 51.2 Å². The molecule has 0 bridgehead atoms. The van der Waals surface area contributed by atoms with Gasteiger partial charge in [0.2, 0.25) is 5.91 Å². The molecule has 9 nitrogen and oxygen atoms in total. The molecule has 52 heavy (non-hydrogen) atoms. The van der Waals surface area contributed by atoms with E-state index in [1.54, 1.807) is 6.20 Å². The molecular formula is C43H41N3O6. The van der Waals surface area contributed by atoms with Gasteiger partial charge in [-0.2, -0.15) is 0 Å². The number of nitrogens with zero attached hydrogens (tertiary/aromatic N) is 1. The normalized spacial score (nSPS) is 12.2. The first kappa shape index (κ1) is 35.6. The number of aromatic nitrogens is 1. The highest BCUT2D eigenvalue weighted by Gasteiger charge is 2.34. The molecule has 3 N–H and O–H groups in total. The number of nitrogens with two attached hydrogens (primary N) is 1. The number of para-hydroxylation sites is 1. The third-order valence-electron chi connectivity index (χ3n) is 9.01. The van der Waals surface area contributed by atoms with E-state index < -0.39 is 30.0 Å². The Kier molecular flexibility index (Phi) is 11.7. The van der Waals surface area contributed by atoms with E-state index in [0.29, 0.717) is 10.9 Å². The van der Waals surface area contributed by atoms with Crippen molar-refractivity contribution in [3.8, 4) is 0 Å². The number of ether oxygens (including phenoxy) is 2. The topological polar surface area (TPSA) is 132 Å². The first-order valence-electron chi connectivity index (χ1n) is 17.4. The Hall–Kier alpha value is -6.22. The van der Waals surface area contributed by atoms with Crippen molar-refractivity contribution in [1.82, 2.24) is 9.88 Å². The molecule has 6 rings (SSSR count). The van der Waals surface area contributed by atoms with Crippen molar-refractivity contribution < 1.29 is 28.7 Å². The van der Waals surface area contributed by atoms with E-state index in [1.165, 1.54) is 4.90 Å². The number of carbonyl (C=O) groups excluding carboxylic acids is 4. The second kappa shape index (κ2) is 17.1. The van der Waals surface area contributed by atoms with Crippen LogP contribution in [0.1, 0.15) is 52.7 Å². The van der Waals surface area contributed by atoms with Gasteiger partial charge in [-0.3, -0.25) is 14.4 Å². The molecule has 264 valence electrons. The van der Waals surface area contributed by atoms with Gasteiger partial charge in [0.1, 0.15) is 18.8 Å². The number of aromatic amines is 1. The van der Waals surface area contributed by atoms with Crippen LogP contribution in [-0.2, 0) is 43.4 Å². The van der Waals surface area contributed by atoms with Crippen LogP contribution in [-0.4, -0.2) is 45.8 Å².